The van der Waals surface area contributed by atoms with Crippen LogP contribution in [0.4, 0.5) is 5.69 Å². The fourth-order valence-corrected chi connectivity index (χ4v) is 3.06. The zero-order valence-electron chi connectivity index (χ0n) is 15.0. The fourth-order valence-electron chi connectivity index (χ4n) is 3.06. The smallest absolute Gasteiger partial charge is 0.261 e. The highest BCUT2D eigenvalue weighted by atomic mass is 16.3. The minimum Gasteiger partial charge on any atom is -0.441 e. The lowest BCUT2D eigenvalue weighted by atomic mass is 10.1. The first-order valence-electron chi connectivity index (χ1n) is 8.63. The Balaban J connectivity index is 1.48. The molecule has 1 amide bonds. The van der Waals surface area contributed by atoms with E-state index in [4.69, 9.17) is 4.42 Å². The zero-order valence-corrected chi connectivity index (χ0v) is 15.0. The van der Waals surface area contributed by atoms with E-state index in [0.29, 0.717) is 33.6 Å². The molecule has 7 heteroatoms. The average molecular weight is 362 g/mol. The van der Waals surface area contributed by atoms with Gasteiger partial charge in [-0.1, -0.05) is 12.1 Å². The quantitative estimate of drug-likeness (QED) is 0.602. The minimum absolute atomic E-state index is 0.143. The van der Waals surface area contributed by atoms with Gasteiger partial charge in [-0.15, -0.1) is 0 Å². The molecule has 0 bridgehead atoms. The van der Waals surface area contributed by atoms with Gasteiger partial charge in [-0.3, -0.25) is 14.2 Å². The highest BCUT2D eigenvalue weighted by Gasteiger charge is 2.09. The average Bonchev–Trinajstić information content (AvgIpc) is 3.01. The maximum absolute atomic E-state index is 12.6. The van der Waals surface area contributed by atoms with E-state index in [2.05, 4.69) is 15.3 Å². The zero-order chi connectivity index (χ0) is 19.0. The van der Waals surface area contributed by atoms with Gasteiger partial charge in [0.1, 0.15) is 5.52 Å². The number of benzene rings is 2. The monoisotopic (exact) mass is 362 g/mol. The van der Waals surface area contributed by atoms with Crippen molar-refractivity contribution in [2.24, 2.45) is 0 Å². The van der Waals surface area contributed by atoms with Crippen molar-refractivity contribution < 1.29 is 9.21 Å². The van der Waals surface area contributed by atoms with Gasteiger partial charge in [0.25, 0.3) is 5.56 Å². The highest BCUT2D eigenvalue weighted by Crippen LogP contribution is 2.19. The number of oxazole rings is 1. The minimum atomic E-state index is -0.189. The summed E-state index contributed by atoms with van der Waals surface area (Å²) in [6, 6.07) is 10.8. The van der Waals surface area contributed by atoms with E-state index in [0.717, 1.165) is 5.56 Å². The molecule has 1 N–H and O–H groups in total. The molecule has 7 nitrogen and oxygen atoms in total. The van der Waals surface area contributed by atoms with E-state index < -0.39 is 0 Å². The number of nitrogens with one attached hydrogen (secondary N) is 1. The molecule has 0 radical (unpaired) electrons. The summed E-state index contributed by atoms with van der Waals surface area (Å²) >= 11 is 0. The van der Waals surface area contributed by atoms with Crippen LogP contribution in [-0.2, 0) is 11.3 Å². The third kappa shape index (κ3) is 3.31. The number of carbonyl (C=O) groups is 1. The van der Waals surface area contributed by atoms with Crippen molar-refractivity contribution in [2.45, 2.75) is 26.8 Å². The number of hydrogen-bond donors (Lipinski definition) is 1. The van der Waals surface area contributed by atoms with Crippen LogP contribution in [0.5, 0.6) is 0 Å². The molecular formula is C20H18N4O3. The largest absolute Gasteiger partial charge is 0.441 e. The molecule has 0 aliphatic heterocycles. The lowest BCUT2D eigenvalue weighted by Gasteiger charge is -2.08. The van der Waals surface area contributed by atoms with Crippen LogP contribution in [0.2, 0.25) is 0 Å². The van der Waals surface area contributed by atoms with E-state index in [-0.39, 0.29) is 24.4 Å². The molecule has 0 saturated heterocycles. The molecule has 0 saturated carbocycles. The van der Waals surface area contributed by atoms with E-state index in [9.17, 15) is 9.59 Å². The Morgan fingerprint density at radius 2 is 2.07 bits per heavy atom. The Morgan fingerprint density at radius 3 is 2.93 bits per heavy atom. The second-order valence-electron chi connectivity index (χ2n) is 6.43. The Kier molecular flexibility index (Phi) is 4.19. The topological polar surface area (TPSA) is 90.0 Å². The van der Waals surface area contributed by atoms with Gasteiger partial charge in [-0.25, -0.2) is 9.97 Å². The molecule has 0 spiro atoms. The summed E-state index contributed by atoms with van der Waals surface area (Å²) in [6.45, 7) is 3.95. The SMILES string of the molecule is Cc1nc2cc(NC(=O)CCn3cnc4c(C)cccc4c3=O)ccc2o1. The van der Waals surface area contributed by atoms with Gasteiger partial charge in [-0.05, 0) is 36.8 Å². The number of hydrogen-bond acceptors (Lipinski definition) is 5. The van der Waals surface area contributed by atoms with Crippen molar-refractivity contribution in [2.75, 3.05) is 5.32 Å². The number of carbonyl (C=O) groups excluding carboxylic acids is 1. The number of rotatable bonds is 4. The lowest BCUT2D eigenvalue weighted by molar-refractivity contribution is -0.116. The highest BCUT2D eigenvalue weighted by molar-refractivity contribution is 5.92. The van der Waals surface area contributed by atoms with Gasteiger partial charge in [0.15, 0.2) is 11.5 Å². The van der Waals surface area contributed by atoms with Crippen LogP contribution < -0.4 is 10.9 Å². The molecule has 0 aliphatic carbocycles. The normalized spacial score (nSPS) is 11.2. The van der Waals surface area contributed by atoms with Crippen LogP contribution in [-0.4, -0.2) is 20.4 Å². The summed E-state index contributed by atoms with van der Waals surface area (Å²) in [5.74, 6) is 0.387. The Labute approximate surface area is 154 Å². The van der Waals surface area contributed by atoms with Crippen molar-refractivity contribution in [3.8, 4) is 0 Å². The number of para-hydroxylation sites is 1. The second-order valence-corrected chi connectivity index (χ2v) is 6.43. The molecule has 136 valence electrons. The molecule has 0 aliphatic rings. The number of nitrogens with zero attached hydrogens (tertiary/aromatic N) is 3. The van der Waals surface area contributed by atoms with Crippen LogP contribution in [0.3, 0.4) is 0 Å². The van der Waals surface area contributed by atoms with Gasteiger partial charge >= 0.3 is 0 Å². The summed E-state index contributed by atoms with van der Waals surface area (Å²) in [7, 11) is 0. The van der Waals surface area contributed by atoms with Gasteiger partial charge in [-0.2, -0.15) is 0 Å². The predicted octanol–water partition coefficient (Wildman–Crippen LogP) is 3.18. The Hall–Kier alpha value is -3.48. The van der Waals surface area contributed by atoms with E-state index in [1.165, 1.54) is 10.9 Å². The first-order valence-corrected chi connectivity index (χ1v) is 8.63. The van der Waals surface area contributed by atoms with Gasteiger partial charge in [0.2, 0.25) is 5.91 Å². The second kappa shape index (κ2) is 6.68. The van der Waals surface area contributed by atoms with Crippen LogP contribution in [0, 0.1) is 13.8 Å². The van der Waals surface area contributed by atoms with Crippen LogP contribution in [0.25, 0.3) is 22.0 Å². The van der Waals surface area contributed by atoms with Gasteiger partial charge in [0, 0.05) is 25.6 Å². The molecule has 0 unspecified atom stereocenters. The number of amides is 1. The molecule has 2 aromatic heterocycles. The van der Waals surface area contributed by atoms with Crippen LogP contribution in [0.15, 0.2) is 51.9 Å². The molecule has 0 atom stereocenters. The number of fused-ring (bicyclic) bond motifs is 2. The maximum atomic E-state index is 12.6. The molecule has 2 heterocycles. The Morgan fingerprint density at radius 1 is 1.22 bits per heavy atom. The Bertz CT molecular complexity index is 1220. The van der Waals surface area contributed by atoms with Gasteiger partial charge < -0.3 is 9.73 Å². The van der Waals surface area contributed by atoms with Crippen LogP contribution in [0.1, 0.15) is 17.9 Å². The summed E-state index contributed by atoms with van der Waals surface area (Å²) in [5.41, 5.74) is 3.51. The van der Waals surface area contributed by atoms with E-state index in [1.54, 1.807) is 31.2 Å². The molecule has 4 rings (SSSR count). The van der Waals surface area contributed by atoms with Crippen molar-refractivity contribution in [1.29, 1.82) is 0 Å². The number of aryl methyl sites for hydroxylation is 3. The van der Waals surface area contributed by atoms with Gasteiger partial charge in [0.05, 0.1) is 17.2 Å². The fraction of sp³-hybridized carbons (Fsp3) is 0.200. The van der Waals surface area contributed by atoms with Crippen molar-refractivity contribution in [1.82, 2.24) is 14.5 Å². The summed E-state index contributed by atoms with van der Waals surface area (Å²) < 4.78 is 6.88. The predicted molar refractivity (Wildman–Crippen MR) is 103 cm³/mol. The first-order chi connectivity index (χ1) is 13.0. The molecule has 2 aromatic carbocycles. The van der Waals surface area contributed by atoms with Crippen LogP contribution >= 0.6 is 0 Å². The third-order valence-electron chi connectivity index (χ3n) is 4.41. The standard InChI is InChI=1S/C20H18N4O3/c1-12-4-3-5-15-19(12)21-11-24(20(15)26)9-8-18(25)23-14-6-7-17-16(10-14)22-13(2)27-17/h3-7,10-11H,8-9H2,1-2H3,(H,23,25). The third-order valence-corrected chi connectivity index (χ3v) is 4.41. The summed E-state index contributed by atoms with van der Waals surface area (Å²) in [6.07, 6.45) is 1.66. The molecule has 4 aromatic rings. The number of anilines is 1. The molecular weight excluding hydrogens is 344 g/mol. The lowest BCUT2D eigenvalue weighted by Crippen LogP contribution is -2.23. The first kappa shape index (κ1) is 17.0. The van der Waals surface area contributed by atoms with E-state index >= 15 is 0 Å². The van der Waals surface area contributed by atoms with Crippen molar-refractivity contribution >= 4 is 33.6 Å². The molecule has 27 heavy (non-hydrogen) atoms. The van der Waals surface area contributed by atoms with Crippen molar-refractivity contribution in [3.63, 3.8) is 0 Å². The number of aromatic nitrogens is 3. The summed E-state index contributed by atoms with van der Waals surface area (Å²) in [4.78, 5) is 33.4. The van der Waals surface area contributed by atoms with E-state index in [1.807, 2.05) is 19.1 Å². The molecule has 0 fully saturated rings. The maximum Gasteiger partial charge on any atom is 0.261 e. The van der Waals surface area contributed by atoms with Crippen molar-refractivity contribution in [3.05, 3.63) is 64.5 Å². The summed E-state index contributed by atoms with van der Waals surface area (Å²) in [5, 5.41) is 3.38.